The molecule has 1 unspecified atom stereocenters. The van der Waals surface area contributed by atoms with E-state index < -0.39 is 11.9 Å². The van der Waals surface area contributed by atoms with Crippen molar-refractivity contribution in [3.05, 3.63) is 41.6 Å². The van der Waals surface area contributed by atoms with Gasteiger partial charge in [-0.05, 0) is 31.5 Å². The number of fused-ring (bicyclic) bond motifs is 1. The lowest BCUT2D eigenvalue weighted by Crippen LogP contribution is -2.09. The molecule has 82 valence electrons. The quantitative estimate of drug-likeness (QED) is 0.838. The molecule has 0 saturated heterocycles. The fourth-order valence-corrected chi connectivity index (χ4v) is 1.72. The van der Waals surface area contributed by atoms with Crippen molar-refractivity contribution in [3.63, 3.8) is 0 Å². The molecule has 3 nitrogen and oxygen atoms in total. The summed E-state index contributed by atoms with van der Waals surface area (Å²) in [5, 5.41) is 10.0. The van der Waals surface area contributed by atoms with E-state index in [0.29, 0.717) is 5.69 Å². The molecule has 1 atom stereocenters. The van der Waals surface area contributed by atoms with Crippen LogP contribution in [-0.4, -0.2) is 16.1 Å². The van der Waals surface area contributed by atoms with Crippen LogP contribution in [0.3, 0.4) is 0 Å². The van der Waals surface area contributed by atoms with Gasteiger partial charge in [-0.25, -0.2) is 0 Å². The number of carbonyl (C=O) groups is 1. The smallest absolute Gasteiger partial charge is 0.312 e. The molecule has 0 spiro atoms. The Kier molecular flexibility index (Phi) is 2.60. The largest absolute Gasteiger partial charge is 0.481 e. The van der Waals surface area contributed by atoms with Gasteiger partial charge in [-0.2, -0.15) is 0 Å². The maximum atomic E-state index is 10.9. The molecular weight excluding hydrogens is 202 g/mol. The van der Waals surface area contributed by atoms with Crippen LogP contribution in [0.2, 0.25) is 0 Å². The topological polar surface area (TPSA) is 50.2 Å². The molecule has 1 aromatic carbocycles. The summed E-state index contributed by atoms with van der Waals surface area (Å²) in [6, 6.07) is 9.61. The molecule has 0 aliphatic carbocycles. The van der Waals surface area contributed by atoms with E-state index >= 15 is 0 Å². The molecule has 1 heterocycles. The number of hydrogen-bond donors (Lipinski definition) is 1. The normalized spacial score (nSPS) is 12.6. The highest BCUT2D eigenvalue weighted by molar-refractivity contribution is 5.83. The Hall–Kier alpha value is -1.90. The standard InChI is InChI=1S/C13H13NO2/c1-8-7-12(9(2)13(15)16)14-11-6-4-3-5-10(8)11/h3-7,9H,1-2H3,(H,15,16). The summed E-state index contributed by atoms with van der Waals surface area (Å²) >= 11 is 0. The molecule has 1 N–H and O–H groups in total. The number of hydrogen-bond acceptors (Lipinski definition) is 2. The van der Waals surface area contributed by atoms with Gasteiger partial charge in [-0.15, -0.1) is 0 Å². The SMILES string of the molecule is Cc1cc(C(C)C(=O)O)nc2ccccc12. The number of carboxylic acids is 1. The van der Waals surface area contributed by atoms with Crippen LogP contribution in [0.15, 0.2) is 30.3 Å². The minimum atomic E-state index is -0.845. The van der Waals surface area contributed by atoms with Crippen LogP contribution in [0, 0.1) is 6.92 Å². The van der Waals surface area contributed by atoms with Gasteiger partial charge in [0, 0.05) is 5.39 Å². The average Bonchev–Trinajstić information content (AvgIpc) is 2.28. The lowest BCUT2D eigenvalue weighted by atomic mass is 10.0. The second-order valence-corrected chi connectivity index (χ2v) is 3.94. The van der Waals surface area contributed by atoms with Gasteiger partial charge in [0.15, 0.2) is 0 Å². The summed E-state index contributed by atoms with van der Waals surface area (Å²) in [7, 11) is 0. The van der Waals surface area contributed by atoms with Gasteiger partial charge in [0.1, 0.15) is 0 Å². The highest BCUT2D eigenvalue weighted by atomic mass is 16.4. The van der Waals surface area contributed by atoms with Crippen molar-refractivity contribution in [2.24, 2.45) is 0 Å². The first-order valence-electron chi connectivity index (χ1n) is 5.18. The fourth-order valence-electron chi connectivity index (χ4n) is 1.72. The van der Waals surface area contributed by atoms with E-state index in [1.165, 1.54) is 0 Å². The number of aromatic nitrogens is 1. The molecule has 1 aromatic heterocycles. The number of nitrogens with zero attached hydrogens (tertiary/aromatic N) is 1. The third-order valence-electron chi connectivity index (χ3n) is 2.76. The minimum absolute atomic E-state index is 0.566. The molecule has 2 rings (SSSR count). The highest BCUT2D eigenvalue weighted by Crippen LogP contribution is 2.21. The Bertz CT molecular complexity index is 549. The van der Waals surface area contributed by atoms with Crippen LogP contribution >= 0.6 is 0 Å². The Balaban J connectivity index is 2.62. The first-order chi connectivity index (χ1) is 7.59. The van der Waals surface area contributed by atoms with Gasteiger partial charge in [-0.3, -0.25) is 9.78 Å². The first kappa shape index (κ1) is 10.6. The van der Waals surface area contributed by atoms with E-state index in [1.54, 1.807) is 6.92 Å². The van der Waals surface area contributed by atoms with Crippen LogP contribution in [0.1, 0.15) is 24.1 Å². The molecular formula is C13H13NO2. The first-order valence-corrected chi connectivity index (χ1v) is 5.18. The lowest BCUT2D eigenvalue weighted by molar-refractivity contribution is -0.138. The number of carboxylic acid groups (broad SMARTS) is 1. The molecule has 0 aliphatic heterocycles. The molecule has 0 aliphatic rings. The van der Waals surface area contributed by atoms with Crippen molar-refractivity contribution in [2.45, 2.75) is 19.8 Å². The molecule has 0 fully saturated rings. The molecule has 0 bridgehead atoms. The number of benzene rings is 1. The van der Waals surface area contributed by atoms with Crippen molar-refractivity contribution >= 4 is 16.9 Å². The van der Waals surface area contributed by atoms with Gasteiger partial charge in [0.25, 0.3) is 0 Å². The molecule has 0 saturated carbocycles. The predicted molar refractivity (Wildman–Crippen MR) is 62.5 cm³/mol. The predicted octanol–water partition coefficient (Wildman–Crippen LogP) is 2.73. The van der Waals surface area contributed by atoms with Crippen molar-refractivity contribution < 1.29 is 9.90 Å². The van der Waals surface area contributed by atoms with Crippen molar-refractivity contribution in [2.75, 3.05) is 0 Å². The van der Waals surface area contributed by atoms with E-state index in [0.717, 1.165) is 16.5 Å². The minimum Gasteiger partial charge on any atom is -0.481 e. The van der Waals surface area contributed by atoms with Crippen LogP contribution in [0.25, 0.3) is 10.9 Å². The number of aliphatic carboxylic acids is 1. The van der Waals surface area contributed by atoms with Gasteiger partial charge >= 0.3 is 5.97 Å². The fraction of sp³-hybridized carbons (Fsp3) is 0.231. The number of aryl methyl sites for hydroxylation is 1. The molecule has 0 amide bonds. The van der Waals surface area contributed by atoms with Crippen LogP contribution in [0.4, 0.5) is 0 Å². The van der Waals surface area contributed by atoms with Crippen LogP contribution < -0.4 is 0 Å². The van der Waals surface area contributed by atoms with Crippen molar-refractivity contribution in [1.29, 1.82) is 0 Å². The van der Waals surface area contributed by atoms with E-state index in [9.17, 15) is 4.79 Å². The van der Waals surface area contributed by atoms with Crippen molar-refractivity contribution in [1.82, 2.24) is 4.98 Å². The zero-order valence-electron chi connectivity index (χ0n) is 9.27. The summed E-state index contributed by atoms with van der Waals surface area (Å²) in [5.41, 5.74) is 2.53. The van der Waals surface area contributed by atoms with Crippen LogP contribution in [-0.2, 0) is 4.79 Å². The van der Waals surface area contributed by atoms with E-state index in [-0.39, 0.29) is 0 Å². The number of rotatable bonds is 2. The zero-order valence-corrected chi connectivity index (χ0v) is 9.27. The molecule has 16 heavy (non-hydrogen) atoms. The van der Waals surface area contributed by atoms with Gasteiger partial charge < -0.3 is 5.11 Å². The Morgan fingerprint density at radius 2 is 2.06 bits per heavy atom. The molecule has 3 heteroatoms. The Morgan fingerprint density at radius 1 is 1.38 bits per heavy atom. The maximum Gasteiger partial charge on any atom is 0.312 e. The van der Waals surface area contributed by atoms with E-state index in [2.05, 4.69) is 4.98 Å². The van der Waals surface area contributed by atoms with E-state index in [4.69, 9.17) is 5.11 Å². The number of para-hydroxylation sites is 1. The second-order valence-electron chi connectivity index (χ2n) is 3.94. The third-order valence-corrected chi connectivity index (χ3v) is 2.76. The monoisotopic (exact) mass is 215 g/mol. The Morgan fingerprint density at radius 3 is 2.75 bits per heavy atom. The Labute approximate surface area is 93.7 Å². The molecule has 0 radical (unpaired) electrons. The number of pyridine rings is 1. The zero-order chi connectivity index (χ0) is 11.7. The third kappa shape index (κ3) is 1.76. The van der Waals surface area contributed by atoms with E-state index in [1.807, 2.05) is 37.3 Å². The summed E-state index contributed by atoms with van der Waals surface area (Å²) in [6.45, 7) is 3.63. The highest BCUT2D eigenvalue weighted by Gasteiger charge is 2.16. The summed E-state index contributed by atoms with van der Waals surface area (Å²) in [4.78, 5) is 15.3. The summed E-state index contributed by atoms with van der Waals surface area (Å²) < 4.78 is 0. The van der Waals surface area contributed by atoms with Crippen LogP contribution in [0.5, 0.6) is 0 Å². The summed E-state index contributed by atoms with van der Waals surface area (Å²) in [5.74, 6) is -1.41. The average molecular weight is 215 g/mol. The van der Waals surface area contributed by atoms with Gasteiger partial charge in [0.05, 0.1) is 17.1 Å². The van der Waals surface area contributed by atoms with Gasteiger partial charge in [0.2, 0.25) is 0 Å². The summed E-state index contributed by atoms with van der Waals surface area (Å²) in [6.07, 6.45) is 0. The second kappa shape index (κ2) is 3.93. The van der Waals surface area contributed by atoms with Crippen molar-refractivity contribution in [3.8, 4) is 0 Å². The molecule has 2 aromatic rings. The maximum absolute atomic E-state index is 10.9. The van der Waals surface area contributed by atoms with Gasteiger partial charge in [-0.1, -0.05) is 18.2 Å². The lowest BCUT2D eigenvalue weighted by Gasteiger charge is -2.09.